The Hall–Kier alpha value is -2.08. The van der Waals surface area contributed by atoms with Crippen molar-refractivity contribution < 1.29 is 13.9 Å². The van der Waals surface area contributed by atoms with Crippen molar-refractivity contribution in [1.82, 2.24) is 15.1 Å². The van der Waals surface area contributed by atoms with E-state index in [4.69, 9.17) is 13.9 Å². The van der Waals surface area contributed by atoms with Gasteiger partial charge in [-0.3, -0.25) is 4.90 Å². The van der Waals surface area contributed by atoms with E-state index in [9.17, 15) is 0 Å². The second-order valence-electron chi connectivity index (χ2n) is 7.49. The van der Waals surface area contributed by atoms with Crippen molar-refractivity contribution in [3.8, 4) is 11.5 Å². The first kappa shape index (κ1) is 17.7. The number of benzene rings is 1. The van der Waals surface area contributed by atoms with E-state index in [-0.39, 0.29) is 11.5 Å². The standard InChI is InChI=1S/C19H27N3O3/c1-19(2,3)18-21-20-17(25-18)12-22-10-6-7-15(22)14-9-8-13(23-4)11-16(14)24-5/h8-9,11,15H,6-7,10,12H2,1-5H3. The smallest absolute Gasteiger partial charge is 0.230 e. The maximum Gasteiger partial charge on any atom is 0.230 e. The predicted octanol–water partition coefficient (Wildman–Crippen LogP) is 3.72. The van der Waals surface area contributed by atoms with E-state index in [1.807, 2.05) is 12.1 Å². The Morgan fingerprint density at radius 1 is 1.20 bits per heavy atom. The van der Waals surface area contributed by atoms with Crippen molar-refractivity contribution in [3.05, 3.63) is 35.5 Å². The summed E-state index contributed by atoms with van der Waals surface area (Å²) in [5, 5.41) is 8.43. The van der Waals surface area contributed by atoms with Crippen LogP contribution in [0, 0.1) is 0 Å². The highest BCUT2D eigenvalue weighted by Gasteiger charge is 2.30. The highest BCUT2D eigenvalue weighted by molar-refractivity contribution is 5.42. The van der Waals surface area contributed by atoms with Crippen molar-refractivity contribution >= 4 is 0 Å². The Balaban J connectivity index is 1.80. The summed E-state index contributed by atoms with van der Waals surface area (Å²) in [5.41, 5.74) is 1.05. The molecule has 1 saturated heterocycles. The summed E-state index contributed by atoms with van der Waals surface area (Å²) in [4.78, 5) is 2.38. The Labute approximate surface area is 149 Å². The molecule has 0 saturated carbocycles. The van der Waals surface area contributed by atoms with Gasteiger partial charge in [0.1, 0.15) is 11.5 Å². The summed E-state index contributed by atoms with van der Waals surface area (Å²) in [6.07, 6.45) is 2.23. The summed E-state index contributed by atoms with van der Waals surface area (Å²) < 4.78 is 16.8. The molecule has 136 valence electrons. The average molecular weight is 345 g/mol. The highest BCUT2D eigenvalue weighted by Crippen LogP contribution is 2.39. The van der Waals surface area contributed by atoms with Crippen molar-refractivity contribution in [2.24, 2.45) is 0 Å². The van der Waals surface area contributed by atoms with Crippen LogP contribution in [0.25, 0.3) is 0 Å². The molecule has 1 fully saturated rings. The van der Waals surface area contributed by atoms with Gasteiger partial charge in [0, 0.05) is 23.1 Å². The van der Waals surface area contributed by atoms with Gasteiger partial charge in [-0.25, -0.2) is 0 Å². The van der Waals surface area contributed by atoms with E-state index < -0.39 is 0 Å². The minimum atomic E-state index is -0.130. The van der Waals surface area contributed by atoms with Gasteiger partial charge in [0.15, 0.2) is 0 Å². The summed E-state index contributed by atoms with van der Waals surface area (Å²) in [5.74, 6) is 3.01. The SMILES string of the molecule is COc1ccc(C2CCCN2Cc2nnc(C(C)(C)C)o2)c(OC)c1. The van der Waals surface area contributed by atoms with E-state index in [1.54, 1.807) is 14.2 Å². The quantitative estimate of drug-likeness (QED) is 0.823. The first-order valence-electron chi connectivity index (χ1n) is 8.71. The lowest BCUT2D eigenvalue weighted by molar-refractivity contribution is 0.214. The van der Waals surface area contributed by atoms with E-state index in [2.05, 4.69) is 41.9 Å². The van der Waals surface area contributed by atoms with E-state index >= 15 is 0 Å². The largest absolute Gasteiger partial charge is 0.497 e. The van der Waals surface area contributed by atoms with Gasteiger partial charge in [-0.2, -0.15) is 0 Å². The molecule has 1 aliphatic rings. The summed E-state index contributed by atoms with van der Waals surface area (Å²) in [6, 6.07) is 6.30. The third-order valence-corrected chi connectivity index (χ3v) is 4.61. The number of rotatable bonds is 5. The first-order chi connectivity index (χ1) is 11.9. The number of methoxy groups -OCH3 is 2. The monoisotopic (exact) mass is 345 g/mol. The fourth-order valence-electron chi connectivity index (χ4n) is 3.26. The van der Waals surface area contributed by atoms with Crippen LogP contribution in [0.5, 0.6) is 11.5 Å². The van der Waals surface area contributed by atoms with Crippen LogP contribution in [0.1, 0.15) is 57.0 Å². The Kier molecular flexibility index (Phi) is 4.99. The molecule has 1 aromatic carbocycles. The number of hydrogen-bond donors (Lipinski definition) is 0. The second-order valence-corrected chi connectivity index (χ2v) is 7.49. The van der Waals surface area contributed by atoms with Crippen LogP contribution in [0.4, 0.5) is 0 Å². The van der Waals surface area contributed by atoms with Gasteiger partial charge < -0.3 is 13.9 Å². The molecule has 0 amide bonds. The topological polar surface area (TPSA) is 60.6 Å². The van der Waals surface area contributed by atoms with E-state index in [0.717, 1.165) is 30.9 Å². The van der Waals surface area contributed by atoms with Gasteiger partial charge >= 0.3 is 0 Å². The zero-order valence-corrected chi connectivity index (χ0v) is 15.7. The maximum absolute atomic E-state index is 5.87. The highest BCUT2D eigenvalue weighted by atomic mass is 16.5. The van der Waals surface area contributed by atoms with Gasteiger partial charge in [0.25, 0.3) is 0 Å². The molecule has 1 aromatic heterocycles. The summed E-state index contributed by atoms with van der Waals surface area (Å²) >= 11 is 0. The molecule has 1 aliphatic heterocycles. The fourth-order valence-corrected chi connectivity index (χ4v) is 3.26. The van der Waals surface area contributed by atoms with E-state index in [0.29, 0.717) is 18.3 Å². The number of nitrogens with zero attached hydrogens (tertiary/aromatic N) is 3. The Bertz CT molecular complexity index is 721. The molecule has 0 N–H and O–H groups in total. The lowest BCUT2D eigenvalue weighted by Gasteiger charge is -2.25. The molecular formula is C19H27N3O3. The van der Waals surface area contributed by atoms with Gasteiger partial charge in [-0.15, -0.1) is 10.2 Å². The zero-order chi connectivity index (χ0) is 18.0. The molecule has 3 rings (SSSR count). The molecule has 6 nitrogen and oxygen atoms in total. The average Bonchev–Trinajstić information content (AvgIpc) is 3.24. The Morgan fingerprint density at radius 3 is 2.64 bits per heavy atom. The predicted molar refractivity (Wildman–Crippen MR) is 94.9 cm³/mol. The van der Waals surface area contributed by atoms with Crippen LogP contribution in [-0.4, -0.2) is 35.9 Å². The minimum Gasteiger partial charge on any atom is -0.497 e. The Morgan fingerprint density at radius 2 is 2.00 bits per heavy atom. The van der Waals surface area contributed by atoms with Crippen LogP contribution >= 0.6 is 0 Å². The lowest BCUT2D eigenvalue weighted by Crippen LogP contribution is -2.23. The second kappa shape index (κ2) is 7.04. The molecule has 6 heteroatoms. The summed E-state index contributed by atoms with van der Waals surface area (Å²) in [6.45, 7) is 7.89. The molecule has 2 heterocycles. The lowest BCUT2D eigenvalue weighted by atomic mass is 9.97. The van der Waals surface area contributed by atoms with Crippen LogP contribution in [-0.2, 0) is 12.0 Å². The van der Waals surface area contributed by atoms with E-state index in [1.165, 1.54) is 5.56 Å². The number of ether oxygens (including phenoxy) is 2. The van der Waals surface area contributed by atoms with Crippen LogP contribution in [0.3, 0.4) is 0 Å². The fraction of sp³-hybridized carbons (Fsp3) is 0.579. The normalized spacial score (nSPS) is 18.5. The molecule has 0 radical (unpaired) electrons. The molecule has 2 aromatic rings. The minimum absolute atomic E-state index is 0.130. The molecule has 0 bridgehead atoms. The van der Waals surface area contributed by atoms with Gasteiger partial charge in [-0.05, 0) is 25.5 Å². The van der Waals surface area contributed by atoms with Crippen LogP contribution < -0.4 is 9.47 Å². The third-order valence-electron chi connectivity index (χ3n) is 4.61. The first-order valence-corrected chi connectivity index (χ1v) is 8.71. The number of aromatic nitrogens is 2. The number of likely N-dealkylation sites (tertiary alicyclic amines) is 1. The molecule has 1 unspecified atom stereocenters. The van der Waals surface area contributed by atoms with Crippen molar-refractivity contribution in [3.63, 3.8) is 0 Å². The third kappa shape index (κ3) is 3.79. The number of hydrogen-bond acceptors (Lipinski definition) is 6. The van der Waals surface area contributed by atoms with Crippen molar-refractivity contribution in [2.75, 3.05) is 20.8 Å². The molecular weight excluding hydrogens is 318 g/mol. The van der Waals surface area contributed by atoms with Crippen molar-refractivity contribution in [1.29, 1.82) is 0 Å². The molecule has 0 spiro atoms. The van der Waals surface area contributed by atoms with Gasteiger partial charge in [0.05, 0.1) is 20.8 Å². The van der Waals surface area contributed by atoms with Crippen LogP contribution in [0.15, 0.2) is 22.6 Å². The maximum atomic E-state index is 5.87. The zero-order valence-electron chi connectivity index (χ0n) is 15.7. The summed E-state index contributed by atoms with van der Waals surface area (Å²) in [7, 11) is 3.36. The van der Waals surface area contributed by atoms with Gasteiger partial charge in [0.2, 0.25) is 11.8 Å². The van der Waals surface area contributed by atoms with Crippen LogP contribution in [0.2, 0.25) is 0 Å². The molecule has 25 heavy (non-hydrogen) atoms. The van der Waals surface area contributed by atoms with Gasteiger partial charge in [-0.1, -0.05) is 26.8 Å². The van der Waals surface area contributed by atoms with Crippen molar-refractivity contribution in [2.45, 2.75) is 51.6 Å². The molecule has 0 aliphatic carbocycles. The molecule has 1 atom stereocenters.